The third kappa shape index (κ3) is 4.77. The Morgan fingerprint density at radius 3 is 2.91 bits per heavy atom. The van der Waals surface area contributed by atoms with E-state index in [1.807, 2.05) is 6.07 Å². The number of pyridine rings is 1. The van der Waals surface area contributed by atoms with Gasteiger partial charge in [0.05, 0.1) is 11.7 Å². The minimum atomic E-state index is -4.56. The number of hydrogen-bond donors (Lipinski definition) is 2. The van der Waals surface area contributed by atoms with Crippen LogP contribution in [-0.4, -0.2) is 37.5 Å². The van der Waals surface area contributed by atoms with Crippen LogP contribution in [0, 0.1) is 0 Å². The second-order valence-corrected chi connectivity index (χ2v) is 8.39. The van der Waals surface area contributed by atoms with Crippen molar-refractivity contribution in [2.75, 3.05) is 5.32 Å². The Morgan fingerprint density at radius 1 is 1.34 bits per heavy atom. The highest BCUT2D eigenvalue weighted by Gasteiger charge is 2.34. The molecule has 0 aromatic carbocycles. The molecule has 168 valence electrons. The molecule has 0 spiro atoms. The van der Waals surface area contributed by atoms with Gasteiger partial charge in [0.15, 0.2) is 11.3 Å². The number of fused-ring (bicyclic) bond motifs is 1. The van der Waals surface area contributed by atoms with Crippen molar-refractivity contribution in [3.05, 3.63) is 58.6 Å². The molecule has 3 N–H and O–H groups in total. The van der Waals surface area contributed by atoms with Gasteiger partial charge in [-0.05, 0) is 59.8 Å². The summed E-state index contributed by atoms with van der Waals surface area (Å²) in [4.78, 5) is 12.6. The maximum Gasteiger partial charge on any atom is 0.433 e. The normalized spacial score (nSPS) is 19.8. The summed E-state index contributed by atoms with van der Waals surface area (Å²) in [5.74, 6) is 0.608. The Bertz CT molecular complexity index is 1170. The number of aliphatic imine (C=N–C) groups is 1. The summed E-state index contributed by atoms with van der Waals surface area (Å²) in [7, 11) is 0. The van der Waals surface area contributed by atoms with E-state index in [-0.39, 0.29) is 23.5 Å². The minimum Gasteiger partial charge on any atom is -0.383 e. The summed E-state index contributed by atoms with van der Waals surface area (Å²) in [6.07, 6.45) is 1.85. The van der Waals surface area contributed by atoms with Gasteiger partial charge < -0.3 is 11.1 Å². The molecule has 2 atom stereocenters. The van der Waals surface area contributed by atoms with E-state index < -0.39 is 11.9 Å². The molecule has 3 heterocycles. The number of rotatable bonds is 5. The predicted octanol–water partition coefficient (Wildman–Crippen LogP) is 4.68. The van der Waals surface area contributed by atoms with Crippen molar-refractivity contribution in [2.45, 2.75) is 43.9 Å². The highest BCUT2D eigenvalue weighted by atomic mass is 79.9. The Kier molecular flexibility index (Phi) is 6.18. The zero-order valence-corrected chi connectivity index (χ0v) is 18.6. The molecule has 3 aromatic rings. The summed E-state index contributed by atoms with van der Waals surface area (Å²) in [6.45, 7) is 3.75. The van der Waals surface area contributed by atoms with Gasteiger partial charge in [0, 0.05) is 29.9 Å². The summed E-state index contributed by atoms with van der Waals surface area (Å²) in [5.41, 5.74) is 6.74. The molecule has 0 radical (unpaired) electrons. The quantitative estimate of drug-likeness (QED) is 0.386. The molecule has 0 bridgehead atoms. The molecule has 11 heteroatoms. The van der Waals surface area contributed by atoms with Crippen molar-refractivity contribution in [1.82, 2.24) is 19.6 Å². The van der Waals surface area contributed by atoms with Crippen LogP contribution in [0.15, 0.2) is 46.6 Å². The topological polar surface area (TPSA) is 93.5 Å². The first-order valence-corrected chi connectivity index (χ1v) is 10.8. The van der Waals surface area contributed by atoms with Crippen molar-refractivity contribution < 1.29 is 13.2 Å². The van der Waals surface area contributed by atoms with Crippen molar-refractivity contribution in [2.24, 2.45) is 10.7 Å². The lowest BCUT2D eigenvalue weighted by atomic mass is 9.91. The molecule has 4 rings (SSSR count). The van der Waals surface area contributed by atoms with E-state index in [1.54, 1.807) is 18.3 Å². The van der Waals surface area contributed by atoms with Crippen LogP contribution in [0.4, 0.5) is 19.0 Å². The van der Waals surface area contributed by atoms with Crippen molar-refractivity contribution in [3.8, 4) is 0 Å². The van der Waals surface area contributed by atoms with Crippen LogP contribution < -0.4 is 11.1 Å². The summed E-state index contributed by atoms with van der Waals surface area (Å²) >= 11 is 3.20. The standard InChI is InChI=1S/C21H21BrF3N7/c1-2-15-14(7-4-8-27-15)20(26)29-13-6-3-5-12(9-13)28-18-10-16(21(23,24)25)30-19-11-17(22)31-32(18)19/h2,4,7-8,10-13,28H,1,3,5-6,9H2,(H2,26,29)/t12-,13+/m0/s1. The van der Waals surface area contributed by atoms with Crippen LogP contribution in [0.5, 0.6) is 0 Å². The molecular weight excluding hydrogens is 487 g/mol. The first-order valence-electron chi connectivity index (χ1n) is 10.1. The highest BCUT2D eigenvalue weighted by Crippen LogP contribution is 2.32. The molecule has 1 saturated carbocycles. The van der Waals surface area contributed by atoms with Crippen LogP contribution in [-0.2, 0) is 6.18 Å². The fourth-order valence-corrected chi connectivity index (χ4v) is 4.24. The maximum absolute atomic E-state index is 13.3. The molecule has 1 aliphatic carbocycles. The second-order valence-electron chi connectivity index (χ2n) is 7.58. The average molecular weight is 508 g/mol. The summed E-state index contributed by atoms with van der Waals surface area (Å²) in [5, 5.41) is 7.42. The van der Waals surface area contributed by atoms with Gasteiger partial charge in [-0.3, -0.25) is 9.98 Å². The van der Waals surface area contributed by atoms with E-state index in [4.69, 9.17) is 5.73 Å². The Balaban J connectivity index is 1.57. The average Bonchev–Trinajstić information content (AvgIpc) is 3.14. The molecule has 1 fully saturated rings. The van der Waals surface area contributed by atoms with E-state index in [0.29, 0.717) is 28.1 Å². The molecule has 0 amide bonds. The van der Waals surface area contributed by atoms with Crippen LogP contribution in [0.2, 0.25) is 0 Å². The zero-order valence-electron chi connectivity index (χ0n) is 17.0. The molecule has 7 nitrogen and oxygen atoms in total. The fourth-order valence-electron chi connectivity index (χ4n) is 3.88. The summed E-state index contributed by atoms with van der Waals surface area (Å²) in [6, 6.07) is 5.89. The van der Waals surface area contributed by atoms with Crippen LogP contribution in [0.1, 0.15) is 42.6 Å². The van der Waals surface area contributed by atoms with Gasteiger partial charge in [-0.1, -0.05) is 6.58 Å². The molecule has 0 unspecified atom stereocenters. The van der Waals surface area contributed by atoms with Gasteiger partial charge in [-0.25, -0.2) is 4.98 Å². The number of alkyl halides is 3. The highest BCUT2D eigenvalue weighted by molar-refractivity contribution is 9.10. The molecule has 32 heavy (non-hydrogen) atoms. The fraction of sp³-hybridized carbons (Fsp3) is 0.333. The van der Waals surface area contributed by atoms with Crippen LogP contribution >= 0.6 is 15.9 Å². The smallest absolute Gasteiger partial charge is 0.383 e. The van der Waals surface area contributed by atoms with Gasteiger partial charge >= 0.3 is 6.18 Å². The Hall–Kier alpha value is -2.95. The zero-order chi connectivity index (χ0) is 22.9. The van der Waals surface area contributed by atoms with Gasteiger partial charge in [0.2, 0.25) is 0 Å². The monoisotopic (exact) mass is 507 g/mol. The Labute approximate surface area is 190 Å². The van der Waals surface area contributed by atoms with Gasteiger partial charge in [0.25, 0.3) is 0 Å². The van der Waals surface area contributed by atoms with Gasteiger partial charge in [-0.15, -0.1) is 0 Å². The number of nitrogens with one attached hydrogen (secondary N) is 1. The molecule has 0 saturated heterocycles. The van der Waals surface area contributed by atoms with Crippen molar-refractivity contribution in [1.29, 1.82) is 0 Å². The number of halogens is 4. The number of aromatic nitrogens is 4. The van der Waals surface area contributed by atoms with Gasteiger partial charge in [-0.2, -0.15) is 22.8 Å². The van der Waals surface area contributed by atoms with E-state index in [0.717, 1.165) is 25.3 Å². The number of nitrogens with two attached hydrogens (primary N) is 1. The SMILES string of the molecule is C=Cc1ncccc1C(N)=N[C@@H]1CCC[C@H](Nc2cc(C(F)(F)F)nc3cc(Br)nn23)C1. The number of amidine groups is 1. The second kappa shape index (κ2) is 8.89. The summed E-state index contributed by atoms with van der Waals surface area (Å²) < 4.78 is 41.8. The van der Waals surface area contributed by atoms with Crippen LogP contribution in [0.3, 0.4) is 0 Å². The third-order valence-corrected chi connectivity index (χ3v) is 5.70. The lowest BCUT2D eigenvalue weighted by Gasteiger charge is -2.29. The van der Waals surface area contributed by atoms with E-state index >= 15 is 0 Å². The minimum absolute atomic E-state index is 0.0668. The van der Waals surface area contributed by atoms with E-state index in [2.05, 4.69) is 47.9 Å². The maximum atomic E-state index is 13.3. The van der Waals surface area contributed by atoms with E-state index in [9.17, 15) is 13.2 Å². The lowest BCUT2D eigenvalue weighted by Crippen LogP contribution is -2.32. The number of nitrogens with zero attached hydrogens (tertiary/aromatic N) is 5. The van der Waals surface area contributed by atoms with Crippen molar-refractivity contribution >= 4 is 39.3 Å². The first-order chi connectivity index (χ1) is 15.2. The molecular formula is C21H21BrF3N7. The van der Waals surface area contributed by atoms with Gasteiger partial charge in [0.1, 0.15) is 16.3 Å². The van der Waals surface area contributed by atoms with Crippen molar-refractivity contribution in [3.63, 3.8) is 0 Å². The lowest BCUT2D eigenvalue weighted by molar-refractivity contribution is -0.141. The number of hydrogen-bond acceptors (Lipinski definition) is 5. The molecule has 0 aliphatic heterocycles. The molecule has 1 aliphatic rings. The first kappa shape index (κ1) is 22.3. The number of anilines is 1. The Morgan fingerprint density at radius 2 is 2.16 bits per heavy atom. The van der Waals surface area contributed by atoms with Crippen LogP contribution in [0.25, 0.3) is 11.7 Å². The largest absolute Gasteiger partial charge is 0.433 e. The third-order valence-electron chi connectivity index (χ3n) is 5.32. The predicted molar refractivity (Wildman–Crippen MR) is 120 cm³/mol. The van der Waals surface area contributed by atoms with E-state index in [1.165, 1.54) is 10.6 Å². The molecule has 3 aromatic heterocycles.